The molecule has 0 amide bonds. The van der Waals surface area contributed by atoms with Crippen LogP contribution in [0.2, 0.25) is 0 Å². The SMILES string of the molecule is Cc1cc(CCC(=O)OC2CC(C)(C)NC(C)(C)C2)cc(C)c1O. The molecule has 0 atom stereocenters. The number of hydrogen-bond donors (Lipinski definition) is 2. The van der Waals surface area contributed by atoms with Crippen LogP contribution in [0.5, 0.6) is 5.75 Å². The zero-order chi connectivity index (χ0) is 18.1. The number of benzene rings is 1. The number of rotatable bonds is 4. The Kier molecular flexibility index (Phi) is 5.28. The highest BCUT2D eigenvalue weighted by molar-refractivity contribution is 5.70. The molecule has 0 aromatic heterocycles. The second kappa shape index (κ2) is 6.75. The number of aromatic hydroxyl groups is 1. The predicted octanol–water partition coefficient (Wildman–Crippen LogP) is 3.79. The highest BCUT2D eigenvalue weighted by Crippen LogP contribution is 2.30. The number of esters is 1. The van der Waals surface area contributed by atoms with Gasteiger partial charge in [0.2, 0.25) is 0 Å². The first kappa shape index (κ1) is 18.8. The Morgan fingerprint density at radius 2 is 1.67 bits per heavy atom. The number of ether oxygens (including phenoxy) is 1. The van der Waals surface area contributed by atoms with Gasteiger partial charge in [-0.1, -0.05) is 12.1 Å². The number of aryl methyl sites for hydroxylation is 3. The molecule has 1 aliphatic heterocycles. The van der Waals surface area contributed by atoms with Crippen LogP contribution in [-0.4, -0.2) is 28.3 Å². The van der Waals surface area contributed by atoms with Crippen LogP contribution in [0.1, 0.15) is 63.6 Å². The highest BCUT2D eigenvalue weighted by Gasteiger charge is 2.39. The number of phenolic OH excluding ortho intramolecular Hbond substituents is 1. The third kappa shape index (κ3) is 4.97. The van der Waals surface area contributed by atoms with E-state index in [2.05, 4.69) is 33.0 Å². The Morgan fingerprint density at radius 3 is 2.17 bits per heavy atom. The fraction of sp³-hybridized carbons (Fsp3) is 0.650. The molecule has 24 heavy (non-hydrogen) atoms. The molecule has 134 valence electrons. The van der Waals surface area contributed by atoms with E-state index in [1.165, 1.54) is 0 Å². The standard InChI is InChI=1S/C20H31NO3/c1-13-9-15(10-14(2)18(13)23)7-8-17(22)24-16-11-19(3,4)21-20(5,6)12-16/h9-10,16,21,23H,7-8,11-12H2,1-6H3. The van der Waals surface area contributed by atoms with E-state index in [9.17, 15) is 9.90 Å². The zero-order valence-electron chi connectivity index (χ0n) is 15.8. The van der Waals surface area contributed by atoms with Crippen molar-refractivity contribution in [3.8, 4) is 5.75 Å². The molecule has 1 aliphatic rings. The van der Waals surface area contributed by atoms with Crippen molar-refractivity contribution in [2.45, 2.75) is 84.4 Å². The number of carbonyl (C=O) groups excluding carboxylic acids is 1. The molecule has 1 aromatic rings. The Labute approximate surface area is 145 Å². The summed E-state index contributed by atoms with van der Waals surface area (Å²) < 4.78 is 5.74. The summed E-state index contributed by atoms with van der Waals surface area (Å²) in [6.45, 7) is 12.4. The van der Waals surface area contributed by atoms with Crippen molar-refractivity contribution < 1.29 is 14.6 Å². The summed E-state index contributed by atoms with van der Waals surface area (Å²) in [5, 5.41) is 13.4. The fourth-order valence-electron chi connectivity index (χ4n) is 3.99. The van der Waals surface area contributed by atoms with Gasteiger partial charge in [0.1, 0.15) is 11.9 Å². The topological polar surface area (TPSA) is 58.6 Å². The van der Waals surface area contributed by atoms with E-state index in [0.29, 0.717) is 18.6 Å². The number of nitrogens with one attached hydrogen (secondary N) is 1. The van der Waals surface area contributed by atoms with E-state index < -0.39 is 0 Å². The first-order valence-corrected chi connectivity index (χ1v) is 8.75. The van der Waals surface area contributed by atoms with Crippen molar-refractivity contribution >= 4 is 5.97 Å². The lowest BCUT2D eigenvalue weighted by Crippen LogP contribution is -2.59. The molecule has 2 N–H and O–H groups in total. The van der Waals surface area contributed by atoms with Gasteiger partial charge in [-0.05, 0) is 64.7 Å². The molecule has 0 saturated carbocycles. The Balaban J connectivity index is 1.92. The van der Waals surface area contributed by atoms with Crippen molar-refractivity contribution in [3.63, 3.8) is 0 Å². The molecule has 1 heterocycles. The van der Waals surface area contributed by atoms with Crippen LogP contribution in [-0.2, 0) is 16.0 Å². The van der Waals surface area contributed by atoms with E-state index in [4.69, 9.17) is 4.74 Å². The molecule has 0 bridgehead atoms. The molecule has 0 spiro atoms. The second-order valence-electron chi connectivity index (χ2n) is 8.49. The lowest BCUT2D eigenvalue weighted by molar-refractivity contribution is -0.153. The monoisotopic (exact) mass is 333 g/mol. The smallest absolute Gasteiger partial charge is 0.306 e. The summed E-state index contributed by atoms with van der Waals surface area (Å²) in [4.78, 5) is 12.3. The molecule has 0 radical (unpaired) electrons. The van der Waals surface area contributed by atoms with Crippen molar-refractivity contribution in [2.75, 3.05) is 0 Å². The predicted molar refractivity (Wildman–Crippen MR) is 96.3 cm³/mol. The third-order valence-corrected chi connectivity index (χ3v) is 4.62. The minimum atomic E-state index is -0.142. The third-order valence-electron chi connectivity index (χ3n) is 4.62. The van der Waals surface area contributed by atoms with Crippen LogP contribution in [0, 0.1) is 13.8 Å². The van der Waals surface area contributed by atoms with Gasteiger partial charge in [-0.15, -0.1) is 0 Å². The number of piperidine rings is 1. The fourth-order valence-corrected chi connectivity index (χ4v) is 3.99. The van der Waals surface area contributed by atoms with Crippen LogP contribution in [0.3, 0.4) is 0 Å². The average molecular weight is 333 g/mol. The molecule has 4 heteroatoms. The normalized spacial score (nSPS) is 19.9. The van der Waals surface area contributed by atoms with Crippen molar-refractivity contribution in [1.29, 1.82) is 0 Å². The minimum Gasteiger partial charge on any atom is -0.507 e. The van der Waals surface area contributed by atoms with Crippen LogP contribution in [0.25, 0.3) is 0 Å². The summed E-state index contributed by atoms with van der Waals surface area (Å²) in [5.74, 6) is 0.192. The lowest BCUT2D eigenvalue weighted by Gasteiger charge is -2.45. The van der Waals surface area contributed by atoms with E-state index in [1.807, 2.05) is 26.0 Å². The number of carbonyl (C=O) groups is 1. The van der Waals surface area contributed by atoms with Crippen LogP contribution < -0.4 is 5.32 Å². The number of phenols is 1. The van der Waals surface area contributed by atoms with Crippen LogP contribution in [0.4, 0.5) is 0 Å². The lowest BCUT2D eigenvalue weighted by atomic mass is 9.81. The molecule has 1 fully saturated rings. The Morgan fingerprint density at radius 1 is 1.17 bits per heavy atom. The molecular formula is C20H31NO3. The first-order chi connectivity index (χ1) is 11.0. The van der Waals surface area contributed by atoms with Crippen molar-refractivity contribution in [2.24, 2.45) is 0 Å². The minimum absolute atomic E-state index is 0.0299. The number of hydrogen-bond acceptors (Lipinski definition) is 4. The van der Waals surface area contributed by atoms with E-state index in [0.717, 1.165) is 29.5 Å². The zero-order valence-corrected chi connectivity index (χ0v) is 15.8. The van der Waals surface area contributed by atoms with Crippen molar-refractivity contribution in [3.05, 3.63) is 28.8 Å². The van der Waals surface area contributed by atoms with Gasteiger partial charge in [0.05, 0.1) is 0 Å². The van der Waals surface area contributed by atoms with Gasteiger partial charge >= 0.3 is 5.97 Å². The summed E-state index contributed by atoms with van der Waals surface area (Å²) in [7, 11) is 0. The van der Waals surface area contributed by atoms with Crippen LogP contribution >= 0.6 is 0 Å². The second-order valence-corrected chi connectivity index (χ2v) is 8.49. The Hall–Kier alpha value is -1.55. The van der Waals surface area contributed by atoms with Gasteiger partial charge < -0.3 is 15.2 Å². The maximum absolute atomic E-state index is 12.3. The molecule has 0 unspecified atom stereocenters. The molecule has 4 nitrogen and oxygen atoms in total. The van der Waals surface area contributed by atoms with Gasteiger partial charge in [0, 0.05) is 30.3 Å². The average Bonchev–Trinajstić information content (AvgIpc) is 2.38. The highest BCUT2D eigenvalue weighted by atomic mass is 16.5. The van der Waals surface area contributed by atoms with E-state index >= 15 is 0 Å². The molecule has 0 aliphatic carbocycles. The van der Waals surface area contributed by atoms with Gasteiger partial charge in [-0.2, -0.15) is 0 Å². The Bertz CT molecular complexity index is 580. The molecule has 2 rings (SSSR count). The van der Waals surface area contributed by atoms with E-state index in [-0.39, 0.29) is 23.2 Å². The van der Waals surface area contributed by atoms with Crippen molar-refractivity contribution in [1.82, 2.24) is 5.32 Å². The van der Waals surface area contributed by atoms with Gasteiger partial charge in [0.25, 0.3) is 0 Å². The maximum atomic E-state index is 12.3. The van der Waals surface area contributed by atoms with Gasteiger partial charge in [-0.25, -0.2) is 0 Å². The summed E-state index contributed by atoms with van der Waals surface area (Å²) >= 11 is 0. The van der Waals surface area contributed by atoms with Crippen LogP contribution in [0.15, 0.2) is 12.1 Å². The first-order valence-electron chi connectivity index (χ1n) is 8.75. The maximum Gasteiger partial charge on any atom is 0.306 e. The van der Waals surface area contributed by atoms with Gasteiger partial charge in [0.15, 0.2) is 0 Å². The molecule has 1 aromatic carbocycles. The molecule has 1 saturated heterocycles. The summed E-state index contributed by atoms with van der Waals surface area (Å²) in [6.07, 6.45) is 2.64. The summed E-state index contributed by atoms with van der Waals surface area (Å²) in [5.41, 5.74) is 2.70. The quantitative estimate of drug-likeness (QED) is 0.823. The van der Waals surface area contributed by atoms with Gasteiger partial charge in [-0.3, -0.25) is 4.79 Å². The summed E-state index contributed by atoms with van der Waals surface area (Å²) in [6, 6.07) is 3.87. The van der Waals surface area contributed by atoms with E-state index in [1.54, 1.807) is 0 Å². The molecular weight excluding hydrogens is 302 g/mol. The largest absolute Gasteiger partial charge is 0.507 e.